The maximum absolute atomic E-state index is 12.1. The molecule has 2 rings (SSSR count). The van der Waals surface area contributed by atoms with E-state index in [-0.39, 0.29) is 17.2 Å². The molecule has 5 nitrogen and oxygen atoms in total. The highest BCUT2D eigenvalue weighted by Gasteiger charge is 2.16. The van der Waals surface area contributed by atoms with Gasteiger partial charge in [-0.25, -0.2) is 0 Å². The Kier molecular flexibility index (Phi) is 3.62. The Morgan fingerprint density at radius 1 is 1.22 bits per heavy atom. The minimum absolute atomic E-state index is 0.181. The van der Waals surface area contributed by atoms with Crippen LogP contribution in [0.3, 0.4) is 0 Å². The number of hydrogen-bond donors (Lipinski definition) is 2. The summed E-state index contributed by atoms with van der Waals surface area (Å²) in [5.74, 6) is -0.181. The fourth-order valence-electron chi connectivity index (χ4n) is 1.75. The number of amides is 1. The first-order valence-electron chi connectivity index (χ1n) is 5.81. The summed E-state index contributed by atoms with van der Waals surface area (Å²) in [5, 5.41) is 4.94. The second-order valence-corrected chi connectivity index (χ2v) is 3.98. The molecule has 0 aliphatic carbocycles. The SMILES string of the molecule is CCN(Cc1ccccc1)C(=O)c1cc(=O)[nH][nH]1. The molecule has 0 spiro atoms. The topological polar surface area (TPSA) is 69.0 Å². The lowest BCUT2D eigenvalue weighted by atomic mass is 10.2. The number of carbonyl (C=O) groups is 1. The zero-order valence-corrected chi connectivity index (χ0v) is 10.1. The fourth-order valence-corrected chi connectivity index (χ4v) is 1.75. The smallest absolute Gasteiger partial charge is 0.272 e. The Labute approximate surface area is 104 Å². The molecule has 0 aliphatic heterocycles. The fraction of sp³-hybridized carbons (Fsp3) is 0.231. The van der Waals surface area contributed by atoms with Crippen molar-refractivity contribution in [3.8, 4) is 0 Å². The molecule has 1 amide bonds. The molecule has 0 atom stereocenters. The molecule has 0 bridgehead atoms. The summed E-state index contributed by atoms with van der Waals surface area (Å²) in [7, 11) is 0. The Hall–Kier alpha value is -2.30. The summed E-state index contributed by atoms with van der Waals surface area (Å²) in [4.78, 5) is 24.8. The number of H-pyrrole nitrogens is 2. The van der Waals surface area contributed by atoms with Crippen LogP contribution in [0, 0.1) is 0 Å². The van der Waals surface area contributed by atoms with Gasteiger partial charge in [-0.1, -0.05) is 30.3 Å². The van der Waals surface area contributed by atoms with Gasteiger partial charge in [0.2, 0.25) is 0 Å². The van der Waals surface area contributed by atoms with E-state index < -0.39 is 0 Å². The van der Waals surface area contributed by atoms with Crippen LogP contribution in [0.5, 0.6) is 0 Å². The molecule has 5 heteroatoms. The largest absolute Gasteiger partial charge is 0.333 e. The molecular weight excluding hydrogens is 230 g/mol. The van der Waals surface area contributed by atoms with Crippen molar-refractivity contribution in [2.75, 3.05) is 6.54 Å². The number of rotatable bonds is 4. The normalized spacial score (nSPS) is 10.3. The minimum Gasteiger partial charge on any atom is -0.333 e. The Morgan fingerprint density at radius 2 is 1.94 bits per heavy atom. The molecule has 0 fully saturated rings. The summed E-state index contributed by atoms with van der Waals surface area (Å²) in [5.41, 5.74) is 1.05. The summed E-state index contributed by atoms with van der Waals surface area (Å²) in [6.07, 6.45) is 0. The number of aromatic amines is 2. The predicted molar refractivity (Wildman–Crippen MR) is 68.3 cm³/mol. The third-order valence-electron chi connectivity index (χ3n) is 2.71. The second kappa shape index (κ2) is 5.35. The molecule has 1 aromatic heterocycles. The van der Waals surface area contributed by atoms with Gasteiger partial charge < -0.3 is 4.90 Å². The van der Waals surface area contributed by atoms with Crippen LogP contribution in [0.4, 0.5) is 0 Å². The Morgan fingerprint density at radius 3 is 2.50 bits per heavy atom. The van der Waals surface area contributed by atoms with Crippen molar-refractivity contribution in [3.63, 3.8) is 0 Å². The highest BCUT2D eigenvalue weighted by molar-refractivity contribution is 5.92. The molecule has 1 aromatic carbocycles. The first-order valence-corrected chi connectivity index (χ1v) is 5.81. The molecule has 2 N–H and O–H groups in total. The van der Waals surface area contributed by atoms with Gasteiger partial charge in [-0.15, -0.1) is 0 Å². The van der Waals surface area contributed by atoms with Crippen LogP contribution >= 0.6 is 0 Å². The minimum atomic E-state index is -0.297. The van der Waals surface area contributed by atoms with E-state index in [4.69, 9.17) is 0 Å². The molecule has 0 saturated heterocycles. The van der Waals surface area contributed by atoms with E-state index in [9.17, 15) is 9.59 Å². The van der Waals surface area contributed by atoms with Gasteiger partial charge in [0.25, 0.3) is 11.5 Å². The average molecular weight is 245 g/mol. The van der Waals surface area contributed by atoms with Gasteiger partial charge in [-0.2, -0.15) is 0 Å². The summed E-state index contributed by atoms with van der Waals surface area (Å²) >= 11 is 0. The third-order valence-corrected chi connectivity index (χ3v) is 2.71. The van der Waals surface area contributed by atoms with Gasteiger partial charge in [0, 0.05) is 19.2 Å². The lowest BCUT2D eigenvalue weighted by Crippen LogP contribution is -2.30. The lowest BCUT2D eigenvalue weighted by Gasteiger charge is -2.20. The third kappa shape index (κ3) is 2.68. The van der Waals surface area contributed by atoms with Gasteiger partial charge in [0.1, 0.15) is 5.69 Å². The number of nitrogens with zero attached hydrogens (tertiary/aromatic N) is 1. The molecular formula is C13H15N3O2. The van der Waals surface area contributed by atoms with Crippen molar-refractivity contribution in [2.24, 2.45) is 0 Å². The number of carbonyl (C=O) groups excluding carboxylic acids is 1. The molecule has 2 aromatic rings. The van der Waals surface area contributed by atoms with Gasteiger partial charge in [0.05, 0.1) is 0 Å². The molecule has 0 unspecified atom stereocenters. The monoisotopic (exact) mass is 245 g/mol. The van der Waals surface area contributed by atoms with Crippen LogP contribution in [-0.4, -0.2) is 27.5 Å². The number of nitrogens with one attached hydrogen (secondary N) is 2. The van der Waals surface area contributed by atoms with E-state index in [1.807, 2.05) is 37.3 Å². The van der Waals surface area contributed by atoms with E-state index >= 15 is 0 Å². The van der Waals surface area contributed by atoms with E-state index in [0.717, 1.165) is 5.56 Å². The molecule has 18 heavy (non-hydrogen) atoms. The molecule has 94 valence electrons. The van der Waals surface area contributed by atoms with Gasteiger partial charge in [0.15, 0.2) is 0 Å². The number of aromatic nitrogens is 2. The Bertz CT molecular complexity index is 571. The van der Waals surface area contributed by atoms with Crippen molar-refractivity contribution in [1.82, 2.24) is 15.1 Å². The maximum atomic E-state index is 12.1. The molecule has 1 heterocycles. The summed E-state index contributed by atoms with van der Waals surface area (Å²) in [6, 6.07) is 11.0. The maximum Gasteiger partial charge on any atom is 0.272 e. The van der Waals surface area contributed by atoms with Gasteiger partial charge in [-0.05, 0) is 12.5 Å². The van der Waals surface area contributed by atoms with Crippen molar-refractivity contribution in [2.45, 2.75) is 13.5 Å². The summed E-state index contributed by atoms with van der Waals surface area (Å²) in [6.45, 7) is 3.02. The van der Waals surface area contributed by atoms with Crippen LogP contribution in [-0.2, 0) is 6.54 Å². The van der Waals surface area contributed by atoms with Crippen LogP contribution in [0.15, 0.2) is 41.2 Å². The first-order chi connectivity index (χ1) is 8.70. The number of hydrogen-bond acceptors (Lipinski definition) is 2. The highest BCUT2D eigenvalue weighted by atomic mass is 16.2. The quantitative estimate of drug-likeness (QED) is 0.854. The van der Waals surface area contributed by atoms with Crippen molar-refractivity contribution >= 4 is 5.91 Å². The standard InChI is InChI=1S/C13H15N3O2/c1-2-16(9-10-6-4-3-5-7-10)13(18)11-8-12(17)15-14-11/h3-8H,2,9H2,1H3,(H2,14,15,17). The van der Waals surface area contributed by atoms with Crippen molar-refractivity contribution in [1.29, 1.82) is 0 Å². The van der Waals surface area contributed by atoms with Crippen LogP contribution in [0.1, 0.15) is 23.0 Å². The zero-order chi connectivity index (χ0) is 13.0. The first kappa shape index (κ1) is 12.2. The van der Waals surface area contributed by atoms with E-state index in [1.165, 1.54) is 6.07 Å². The van der Waals surface area contributed by atoms with Crippen LogP contribution in [0.2, 0.25) is 0 Å². The van der Waals surface area contributed by atoms with Gasteiger partial charge in [-0.3, -0.25) is 19.8 Å². The average Bonchev–Trinajstić information content (AvgIpc) is 2.83. The Balaban J connectivity index is 2.14. The van der Waals surface area contributed by atoms with Gasteiger partial charge >= 0.3 is 0 Å². The highest BCUT2D eigenvalue weighted by Crippen LogP contribution is 2.07. The predicted octanol–water partition coefficient (Wildman–Crippen LogP) is 1.37. The second-order valence-electron chi connectivity index (χ2n) is 3.98. The van der Waals surface area contributed by atoms with Crippen LogP contribution < -0.4 is 5.56 Å². The number of benzene rings is 1. The van der Waals surface area contributed by atoms with Crippen molar-refractivity contribution in [3.05, 3.63) is 58.0 Å². The zero-order valence-electron chi connectivity index (χ0n) is 10.1. The van der Waals surface area contributed by atoms with Crippen LogP contribution in [0.25, 0.3) is 0 Å². The molecule has 0 radical (unpaired) electrons. The van der Waals surface area contributed by atoms with E-state index in [0.29, 0.717) is 13.1 Å². The molecule has 0 saturated carbocycles. The molecule has 0 aliphatic rings. The summed E-state index contributed by atoms with van der Waals surface area (Å²) < 4.78 is 0. The lowest BCUT2D eigenvalue weighted by molar-refractivity contribution is 0.0746. The van der Waals surface area contributed by atoms with Crippen molar-refractivity contribution < 1.29 is 4.79 Å². The van der Waals surface area contributed by atoms with E-state index in [1.54, 1.807) is 4.90 Å². The van der Waals surface area contributed by atoms with E-state index in [2.05, 4.69) is 10.2 Å².